The Labute approximate surface area is 150 Å². The molecule has 4 rings (SSSR count). The number of para-hydroxylation sites is 2. The minimum absolute atomic E-state index is 0.353. The molecule has 0 spiro atoms. The average molecular weight is 366 g/mol. The number of nitrogens with one attached hydrogen (secondary N) is 2. The van der Waals surface area contributed by atoms with Crippen molar-refractivity contribution in [2.45, 2.75) is 13.0 Å². The summed E-state index contributed by atoms with van der Waals surface area (Å²) < 4.78 is 1.86. The lowest BCUT2D eigenvalue weighted by Crippen LogP contribution is -2.41. The van der Waals surface area contributed by atoms with E-state index in [1.165, 1.54) is 18.3 Å². The van der Waals surface area contributed by atoms with Crippen molar-refractivity contribution in [2.24, 2.45) is 0 Å². The van der Waals surface area contributed by atoms with Crippen LogP contribution in [0.15, 0.2) is 58.1 Å². The first-order valence-corrected chi connectivity index (χ1v) is 8.76. The number of fused-ring (bicyclic) bond motifs is 2. The maximum atomic E-state index is 12.6. The molecule has 0 fully saturated rings. The standard InChI is InChI=1S/C18H14N4O3S/c1-10(15(23)21-17-19-13-8-4-5-9-14(13)26-17)22-16(24)11-6-2-3-7-12(11)20-18(22)25/h2-10H,1H3,(H,20,25)(H,19,21,23). The van der Waals surface area contributed by atoms with Crippen LogP contribution in [0, 0.1) is 0 Å². The van der Waals surface area contributed by atoms with Crippen molar-refractivity contribution < 1.29 is 4.79 Å². The van der Waals surface area contributed by atoms with Gasteiger partial charge in [0.1, 0.15) is 6.04 Å². The molecular formula is C18H14N4O3S. The molecule has 8 heteroatoms. The number of aromatic amines is 1. The lowest BCUT2D eigenvalue weighted by atomic mass is 10.2. The molecule has 0 aliphatic carbocycles. The summed E-state index contributed by atoms with van der Waals surface area (Å²) in [5.74, 6) is -0.480. The topological polar surface area (TPSA) is 96.8 Å². The van der Waals surface area contributed by atoms with Crippen LogP contribution in [0.4, 0.5) is 5.13 Å². The summed E-state index contributed by atoms with van der Waals surface area (Å²) in [6, 6.07) is 13.2. The van der Waals surface area contributed by atoms with Crippen LogP contribution in [-0.2, 0) is 4.79 Å². The van der Waals surface area contributed by atoms with Gasteiger partial charge >= 0.3 is 5.69 Å². The molecule has 4 aromatic rings. The third kappa shape index (κ3) is 2.70. The molecule has 0 bridgehead atoms. The fourth-order valence-corrected chi connectivity index (χ4v) is 3.65. The number of anilines is 1. The molecular weight excluding hydrogens is 352 g/mol. The van der Waals surface area contributed by atoms with Gasteiger partial charge in [0.2, 0.25) is 5.91 Å². The van der Waals surface area contributed by atoms with E-state index in [1.54, 1.807) is 24.3 Å². The SMILES string of the molecule is CC(C(=O)Nc1nc2ccccc2s1)n1c(=O)[nH]c2ccccc2c1=O. The number of amides is 1. The summed E-state index contributed by atoms with van der Waals surface area (Å²) >= 11 is 1.33. The molecule has 0 saturated heterocycles. The molecule has 0 saturated carbocycles. The molecule has 2 N–H and O–H groups in total. The van der Waals surface area contributed by atoms with Gasteiger partial charge in [0.25, 0.3) is 5.56 Å². The second-order valence-electron chi connectivity index (χ2n) is 5.80. The number of thiazole rings is 1. The van der Waals surface area contributed by atoms with E-state index >= 15 is 0 Å². The molecule has 26 heavy (non-hydrogen) atoms. The van der Waals surface area contributed by atoms with Crippen LogP contribution in [0.1, 0.15) is 13.0 Å². The largest absolute Gasteiger partial charge is 0.329 e. The fourth-order valence-electron chi connectivity index (χ4n) is 2.78. The summed E-state index contributed by atoms with van der Waals surface area (Å²) in [6.45, 7) is 1.51. The van der Waals surface area contributed by atoms with Crippen molar-refractivity contribution in [1.82, 2.24) is 14.5 Å². The quantitative estimate of drug-likeness (QED) is 0.582. The van der Waals surface area contributed by atoms with Gasteiger partial charge in [-0.15, -0.1) is 0 Å². The number of rotatable bonds is 3. The fraction of sp³-hybridized carbons (Fsp3) is 0.111. The molecule has 2 aromatic carbocycles. The van der Waals surface area contributed by atoms with E-state index in [0.717, 1.165) is 14.8 Å². The first-order valence-electron chi connectivity index (χ1n) is 7.94. The zero-order valence-electron chi connectivity index (χ0n) is 13.7. The predicted molar refractivity (Wildman–Crippen MR) is 102 cm³/mol. The average Bonchev–Trinajstić information content (AvgIpc) is 3.03. The van der Waals surface area contributed by atoms with Crippen molar-refractivity contribution in [3.8, 4) is 0 Å². The van der Waals surface area contributed by atoms with Gasteiger partial charge in [-0.05, 0) is 31.2 Å². The number of benzene rings is 2. The summed E-state index contributed by atoms with van der Waals surface area (Å²) in [5, 5.41) is 3.47. The number of nitrogens with zero attached hydrogens (tertiary/aromatic N) is 2. The molecule has 0 radical (unpaired) electrons. The number of hydrogen-bond acceptors (Lipinski definition) is 5. The highest BCUT2D eigenvalue weighted by atomic mass is 32.1. The van der Waals surface area contributed by atoms with Crippen molar-refractivity contribution in [3.63, 3.8) is 0 Å². The van der Waals surface area contributed by atoms with Crippen LogP contribution < -0.4 is 16.6 Å². The smallest absolute Gasteiger partial charge is 0.307 e. The molecule has 7 nitrogen and oxygen atoms in total. The van der Waals surface area contributed by atoms with Gasteiger partial charge in [-0.1, -0.05) is 35.6 Å². The Hall–Kier alpha value is -3.26. The second-order valence-corrected chi connectivity index (χ2v) is 6.83. The van der Waals surface area contributed by atoms with Gasteiger partial charge < -0.3 is 10.3 Å². The van der Waals surface area contributed by atoms with Gasteiger partial charge in [-0.25, -0.2) is 14.3 Å². The van der Waals surface area contributed by atoms with Gasteiger partial charge in [0.05, 0.1) is 21.1 Å². The summed E-state index contributed by atoms with van der Waals surface area (Å²) in [7, 11) is 0. The van der Waals surface area contributed by atoms with E-state index in [1.807, 2.05) is 24.3 Å². The predicted octanol–water partition coefficient (Wildman–Crippen LogP) is 2.50. The van der Waals surface area contributed by atoms with Crippen LogP contribution in [0.3, 0.4) is 0 Å². The van der Waals surface area contributed by atoms with Crippen LogP contribution in [-0.4, -0.2) is 20.4 Å². The van der Waals surface area contributed by atoms with E-state index in [9.17, 15) is 14.4 Å². The highest BCUT2D eigenvalue weighted by Crippen LogP contribution is 2.25. The number of carbonyl (C=O) groups excluding carboxylic acids is 1. The number of H-pyrrole nitrogens is 1. The van der Waals surface area contributed by atoms with Crippen molar-refractivity contribution in [3.05, 3.63) is 69.4 Å². The maximum absolute atomic E-state index is 12.6. The third-order valence-electron chi connectivity index (χ3n) is 4.13. The number of hydrogen-bond donors (Lipinski definition) is 2. The molecule has 1 atom stereocenters. The maximum Gasteiger partial charge on any atom is 0.329 e. The molecule has 1 unspecified atom stereocenters. The molecule has 0 aliphatic rings. The first kappa shape index (κ1) is 16.2. The van der Waals surface area contributed by atoms with Gasteiger partial charge in [0, 0.05) is 0 Å². The Morgan fingerprint density at radius 3 is 2.69 bits per heavy atom. The van der Waals surface area contributed by atoms with Gasteiger partial charge in [-0.2, -0.15) is 0 Å². The highest BCUT2D eigenvalue weighted by Gasteiger charge is 2.21. The Bertz CT molecular complexity index is 1220. The normalized spacial score (nSPS) is 12.3. The molecule has 2 aromatic heterocycles. The Balaban J connectivity index is 1.69. The van der Waals surface area contributed by atoms with Gasteiger partial charge in [0.15, 0.2) is 5.13 Å². The summed E-state index contributed by atoms with van der Waals surface area (Å²) in [5.41, 5.74) is 0.0932. The van der Waals surface area contributed by atoms with E-state index in [0.29, 0.717) is 16.0 Å². The third-order valence-corrected chi connectivity index (χ3v) is 5.08. The van der Waals surface area contributed by atoms with Crippen LogP contribution >= 0.6 is 11.3 Å². The lowest BCUT2D eigenvalue weighted by molar-refractivity contribution is -0.118. The monoisotopic (exact) mass is 366 g/mol. The van der Waals surface area contributed by atoms with Crippen LogP contribution in [0.25, 0.3) is 21.1 Å². The summed E-state index contributed by atoms with van der Waals surface area (Å²) in [4.78, 5) is 44.5. The minimum Gasteiger partial charge on any atom is -0.307 e. The second kappa shape index (κ2) is 6.23. The van der Waals surface area contributed by atoms with Crippen molar-refractivity contribution >= 4 is 43.5 Å². The van der Waals surface area contributed by atoms with E-state index in [4.69, 9.17) is 0 Å². The molecule has 130 valence electrons. The number of aromatic nitrogens is 3. The molecule has 1 amide bonds. The van der Waals surface area contributed by atoms with Crippen LogP contribution in [0.2, 0.25) is 0 Å². The highest BCUT2D eigenvalue weighted by molar-refractivity contribution is 7.22. The Kier molecular flexibility index (Phi) is 3.89. The Morgan fingerprint density at radius 2 is 1.88 bits per heavy atom. The van der Waals surface area contributed by atoms with E-state index in [2.05, 4.69) is 15.3 Å². The molecule has 0 aliphatic heterocycles. The Morgan fingerprint density at radius 1 is 1.15 bits per heavy atom. The van der Waals surface area contributed by atoms with Gasteiger partial charge in [-0.3, -0.25) is 9.59 Å². The van der Waals surface area contributed by atoms with E-state index in [-0.39, 0.29) is 0 Å². The van der Waals surface area contributed by atoms with Crippen LogP contribution in [0.5, 0.6) is 0 Å². The number of carbonyl (C=O) groups is 1. The first-order chi connectivity index (χ1) is 12.5. The lowest BCUT2D eigenvalue weighted by Gasteiger charge is -2.13. The van der Waals surface area contributed by atoms with E-state index < -0.39 is 23.2 Å². The molecule has 2 heterocycles. The minimum atomic E-state index is -0.983. The zero-order valence-corrected chi connectivity index (χ0v) is 14.5. The van der Waals surface area contributed by atoms with Crippen molar-refractivity contribution in [2.75, 3.05) is 5.32 Å². The summed E-state index contributed by atoms with van der Waals surface area (Å²) in [6.07, 6.45) is 0. The van der Waals surface area contributed by atoms with Crippen molar-refractivity contribution in [1.29, 1.82) is 0 Å². The zero-order chi connectivity index (χ0) is 18.3.